The first-order valence-electron chi connectivity index (χ1n) is 7.69. The van der Waals surface area contributed by atoms with Gasteiger partial charge in [0.05, 0.1) is 0 Å². The second-order valence-corrected chi connectivity index (χ2v) is 6.13. The van der Waals surface area contributed by atoms with Gasteiger partial charge in [-0.05, 0) is 27.5 Å². The van der Waals surface area contributed by atoms with E-state index in [0.29, 0.717) is 0 Å². The minimum atomic E-state index is 0.0564. The molecular weight excluding hydrogens is 240 g/mol. The molecule has 0 amide bonds. The van der Waals surface area contributed by atoms with Gasteiger partial charge >= 0.3 is 0 Å². The Morgan fingerprint density at radius 2 is 1.60 bits per heavy atom. The van der Waals surface area contributed by atoms with Crippen LogP contribution in [-0.4, -0.2) is 0 Å². The van der Waals surface area contributed by atoms with Gasteiger partial charge in [0.25, 0.3) is 0 Å². The molecule has 1 aromatic rings. The van der Waals surface area contributed by atoms with Crippen LogP contribution in [0.25, 0.3) is 11.6 Å². The molecule has 0 heterocycles. The predicted octanol–water partition coefficient (Wildman–Crippen LogP) is 6.83. The molecule has 0 bridgehead atoms. The molecule has 0 aromatic heterocycles. The molecule has 0 saturated carbocycles. The zero-order valence-electron chi connectivity index (χ0n) is 14.5. The summed E-state index contributed by atoms with van der Waals surface area (Å²) < 4.78 is 0. The molecule has 0 fully saturated rings. The average molecular weight is 272 g/mol. The summed E-state index contributed by atoms with van der Waals surface area (Å²) in [4.78, 5) is 0. The second-order valence-electron chi connectivity index (χ2n) is 6.13. The molecule has 1 rings (SSSR count). The van der Waals surface area contributed by atoms with Crippen molar-refractivity contribution >= 4 is 11.6 Å². The Bertz CT molecular complexity index is 447. The molecule has 112 valence electrons. The molecule has 0 aliphatic rings. The van der Waals surface area contributed by atoms with E-state index < -0.39 is 0 Å². The molecule has 0 aliphatic carbocycles. The zero-order valence-corrected chi connectivity index (χ0v) is 14.5. The van der Waals surface area contributed by atoms with E-state index in [9.17, 15) is 0 Å². The van der Waals surface area contributed by atoms with Gasteiger partial charge in [0.1, 0.15) is 0 Å². The molecule has 0 aliphatic heterocycles. The van der Waals surface area contributed by atoms with Crippen molar-refractivity contribution in [2.24, 2.45) is 10.8 Å². The lowest BCUT2D eigenvalue weighted by Crippen LogP contribution is -2.33. The molecule has 0 nitrogen and oxygen atoms in total. The van der Waals surface area contributed by atoms with Crippen molar-refractivity contribution in [2.75, 3.05) is 0 Å². The van der Waals surface area contributed by atoms with E-state index >= 15 is 0 Å². The van der Waals surface area contributed by atoms with Crippen LogP contribution in [0.2, 0.25) is 0 Å². The first kappa shape index (κ1) is 18.7. The Morgan fingerprint density at radius 3 is 2.05 bits per heavy atom. The smallest absolute Gasteiger partial charge is 0.00523 e. The maximum Gasteiger partial charge on any atom is -0.00523 e. The molecule has 0 heteroatoms. The van der Waals surface area contributed by atoms with Gasteiger partial charge in [-0.25, -0.2) is 0 Å². The first-order chi connectivity index (χ1) is 9.28. The van der Waals surface area contributed by atoms with Crippen molar-refractivity contribution in [3.63, 3.8) is 0 Å². The zero-order chi connectivity index (χ0) is 16.0. The Morgan fingerprint density at radius 1 is 1.10 bits per heavy atom. The highest BCUT2D eigenvalue weighted by Crippen LogP contribution is 2.49. The van der Waals surface area contributed by atoms with Crippen LogP contribution < -0.4 is 0 Å². The molecule has 20 heavy (non-hydrogen) atoms. The van der Waals surface area contributed by atoms with Gasteiger partial charge in [-0.3, -0.25) is 0 Å². The normalized spacial score (nSPS) is 11.3. The van der Waals surface area contributed by atoms with E-state index in [0.717, 1.165) is 6.42 Å². The number of benzene rings is 1. The number of allylic oxidation sites excluding steroid dienone is 1. The van der Waals surface area contributed by atoms with E-state index in [2.05, 4.69) is 66.0 Å². The van der Waals surface area contributed by atoms with E-state index in [4.69, 9.17) is 0 Å². The van der Waals surface area contributed by atoms with Gasteiger partial charge in [-0.15, -0.1) is 0 Å². The van der Waals surface area contributed by atoms with Crippen molar-refractivity contribution in [1.29, 1.82) is 0 Å². The van der Waals surface area contributed by atoms with Gasteiger partial charge in [-0.2, -0.15) is 0 Å². The molecule has 0 saturated heterocycles. The lowest BCUT2D eigenvalue weighted by Gasteiger charge is -2.43. The van der Waals surface area contributed by atoms with Crippen molar-refractivity contribution in [2.45, 2.75) is 54.9 Å². The summed E-state index contributed by atoms with van der Waals surface area (Å²) >= 11 is 0. The van der Waals surface area contributed by atoms with E-state index in [1.54, 1.807) is 0 Å². The van der Waals surface area contributed by atoms with Gasteiger partial charge < -0.3 is 0 Å². The van der Waals surface area contributed by atoms with E-state index in [-0.39, 0.29) is 10.8 Å². The standard InChI is InChI=1S/C18H26.C2H6/c1-8-15-12-10-11-13-16(15)14(3)18(6,7)17(4,5)9-2;1-2/h8,10-13H,1,3,9H2,2,4-7H3;1-2H3. The van der Waals surface area contributed by atoms with Crippen molar-refractivity contribution in [3.8, 4) is 0 Å². The first-order valence-corrected chi connectivity index (χ1v) is 7.69. The molecule has 0 N–H and O–H groups in total. The van der Waals surface area contributed by atoms with Crippen LogP contribution in [0.3, 0.4) is 0 Å². The van der Waals surface area contributed by atoms with E-state index in [1.165, 1.54) is 16.7 Å². The summed E-state index contributed by atoms with van der Waals surface area (Å²) in [5, 5.41) is 0. The van der Waals surface area contributed by atoms with Crippen molar-refractivity contribution in [3.05, 3.63) is 48.6 Å². The lowest BCUT2D eigenvalue weighted by atomic mass is 9.61. The number of hydrogen-bond acceptors (Lipinski definition) is 0. The minimum Gasteiger partial charge on any atom is -0.0984 e. The third-order valence-corrected chi connectivity index (χ3v) is 4.84. The maximum absolute atomic E-state index is 4.37. The topological polar surface area (TPSA) is 0 Å². The average Bonchev–Trinajstić information content (AvgIpc) is 2.48. The van der Waals surface area contributed by atoms with Crippen LogP contribution in [0.15, 0.2) is 37.4 Å². The fourth-order valence-corrected chi connectivity index (χ4v) is 2.14. The van der Waals surface area contributed by atoms with Gasteiger partial charge in [0, 0.05) is 0 Å². The van der Waals surface area contributed by atoms with Crippen LogP contribution in [-0.2, 0) is 0 Å². The molecule has 1 aromatic carbocycles. The summed E-state index contributed by atoms with van der Waals surface area (Å²) in [7, 11) is 0. The summed E-state index contributed by atoms with van der Waals surface area (Å²) in [6.45, 7) is 23.7. The van der Waals surface area contributed by atoms with Gasteiger partial charge in [-0.1, -0.05) is 98.4 Å². The lowest BCUT2D eigenvalue weighted by molar-refractivity contribution is 0.170. The van der Waals surface area contributed by atoms with Crippen LogP contribution >= 0.6 is 0 Å². The Labute approximate surface area is 126 Å². The fourth-order valence-electron chi connectivity index (χ4n) is 2.14. The third-order valence-electron chi connectivity index (χ3n) is 4.84. The number of rotatable bonds is 5. The summed E-state index contributed by atoms with van der Waals surface area (Å²) in [6, 6.07) is 8.36. The molecule has 0 atom stereocenters. The van der Waals surface area contributed by atoms with Crippen LogP contribution in [0.5, 0.6) is 0 Å². The summed E-state index contributed by atoms with van der Waals surface area (Å²) in [6.07, 6.45) is 3.05. The molecule has 0 spiro atoms. The second kappa shape index (κ2) is 7.47. The van der Waals surface area contributed by atoms with Crippen molar-refractivity contribution in [1.82, 2.24) is 0 Å². The molecular formula is C20H32. The highest BCUT2D eigenvalue weighted by molar-refractivity contribution is 5.75. The van der Waals surface area contributed by atoms with E-state index in [1.807, 2.05) is 26.0 Å². The van der Waals surface area contributed by atoms with Gasteiger partial charge in [0.2, 0.25) is 0 Å². The highest BCUT2D eigenvalue weighted by atomic mass is 14.4. The van der Waals surface area contributed by atoms with Crippen LogP contribution in [0, 0.1) is 10.8 Å². The number of hydrogen-bond donors (Lipinski definition) is 0. The Kier molecular flexibility index (Phi) is 6.99. The van der Waals surface area contributed by atoms with Crippen LogP contribution in [0.4, 0.5) is 0 Å². The largest absolute Gasteiger partial charge is 0.0984 e. The Balaban J connectivity index is 0.00000172. The SMILES string of the molecule is C=Cc1ccccc1C(=C)C(C)(C)C(C)(C)CC.CC. The highest BCUT2D eigenvalue weighted by Gasteiger charge is 2.38. The Hall–Kier alpha value is -1.30. The third kappa shape index (κ3) is 3.62. The summed E-state index contributed by atoms with van der Waals surface area (Å²) in [5.74, 6) is 0. The molecule has 0 radical (unpaired) electrons. The fraction of sp³-hybridized carbons (Fsp3) is 0.500. The predicted molar refractivity (Wildman–Crippen MR) is 94.8 cm³/mol. The van der Waals surface area contributed by atoms with Gasteiger partial charge in [0.15, 0.2) is 0 Å². The van der Waals surface area contributed by atoms with Crippen molar-refractivity contribution < 1.29 is 0 Å². The quantitative estimate of drug-likeness (QED) is 0.551. The van der Waals surface area contributed by atoms with Crippen LogP contribution in [0.1, 0.15) is 66.0 Å². The monoisotopic (exact) mass is 272 g/mol. The molecule has 0 unspecified atom stereocenters. The maximum atomic E-state index is 4.37. The summed E-state index contributed by atoms with van der Waals surface area (Å²) in [5.41, 5.74) is 3.87. The minimum absolute atomic E-state index is 0.0564.